The van der Waals surface area contributed by atoms with Gasteiger partial charge in [-0.15, -0.1) is 0 Å². The minimum absolute atomic E-state index is 0.0454. The standard InChI is InChI=1S/C14H21ClN4O/c1-3-19-6-4-11(5-7-19)18(2)14(20)10-8-12(15)17-13(16)9-10/h8-9,11H,3-7H2,1-2H3,(H2,16,17). The average Bonchev–Trinajstić information content (AvgIpc) is 2.45. The molecule has 1 saturated heterocycles. The third kappa shape index (κ3) is 3.41. The third-order valence-corrected chi connectivity index (χ3v) is 4.13. The van der Waals surface area contributed by atoms with Crippen LogP contribution in [0.4, 0.5) is 5.82 Å². The molecule has 1 fully saturated rings. The summed E-state index contributed by atoms with van der Waals surface area (Å²) in [6.45, 7) is 5.31. The van der Waals surface area contributed by atoms with Gasteiger partial charge in [0, 0.05) is 31.7 Å². The van der Waals surface area contributed by atoms with Crippen LogP contribution in [0.1, 0.15) is 30.1 Å². The summed E-state index contributed by atoms with van der Waals surface area (Å²) in [6, 6.07) is 3.42. The van der Waals surface area contributed by atoms with Crippen molar-refractivity contribution in [3.8, 4) is 0 Å². The molecule has 0 bridgehead atoms. The van der Waals surface area contributed by atoms with Crippen LogP contribution in [0.5, 0.6) is 0 Å². The Balaban J connectivity index is 2.05. The average molecular weight is 297 g/mol. The highest BCUT2D eigenvalue weighted by atomic mass is 35.5. The molecule has 1 aromatic heterocycles. The van der Waals surface area contributed by atoms with E-state index < -0.39 is 0 Å². The highest BCUT2D eigenvalue weighted by Gasteiger charge is 2.25. The summed E-state index contributed by atoms with van der Waals surface area (Å²) in [7, 11) is 1.85. The van der Waals surface area contributed by atoms with Crippen molar-refractivity contribution in [2.24, 2.45) is 0 Å². The van der Waals surface area contributed by atoms with Crippen LogP contribution >= 0.6 is 11.6 Å². The number of carbonyl (C=O) groups excluding carboxylic acids is 1. The summed E-state index contributed by atoms with van der Waals surface area (Å²) < 4.78 is 0. The maximum atomic E-state index is 12.5. The van der Waals surface area contributed by atoms with Gasteiger partial charge < -0.3 is 15.5 Å². The summed E-state index contributed by atoms with van der Waals surface area (Å²) in [4.78, 5) is 20.5. The van der Waals surface area contributed by atoms with E-state index in [1.54, 1.807) is 17.0 Å². The first-order valence-corrected chi connectivity index (χ1v) is 7.31. The first-order chi connectivity index (χ1) is 9.51. The molecule has 0 spiro atoms. The largest absolute Gasteiger partial charge is 0.384 e. The van der Waals surface area contributed by atoms with Crippen LogP contribution in [0.25, 0.3) is 0 Å². The lowest BCUT2D eigenvalue weighted by molar-refractivity contribution is 0.0647. The van der Waals surface area contributed by atoms with Crippen molar-refractivity contribution in [3.63, 3.8) is 0 Å². The first kappa shape index (κ1) is 15.1. The summed E-state index contributed by atoms with van der Waals surface area (Å²) in [5.41, 5.74) is 6.14. The number of carbonyl (C=O) groups is 1. The number of nitrogens with zero attached hydrogens (tertiary/aromatic N) is 3. The van der Waals surface area contributed by atoms with E-state index in [-0.39, 0.29) is 22.9 Å². The van der Waals surface area contributed by atoms with E-state index in [2.05, 4.69) is 16.8 Å². The SMILES string of the molecule is CCN1CCC(N(C)C(=O)c2cc(N)nc(Cl)c2)CC1. The summed E-state index contributed by atoms with van der Waals surface area (Å²) in [5.74, 6) is 0.228. The smallest absolute Gasteiger partial charge is 0.254 e. The van der Waals surface area contributed by atoms with Gasteiger partial charge in [0.1, 0.15) is 11.0 Å². The zero-order chi connectivity index (χ0) is 14.7. The highest BCUT2D eigenvalue weighted by Crippen LogP contribution is 2.19. The topological polar surface area (TPSA) is 62.5 Å². The number of halogens is 1. The predicted molar refractivity (Wildman–Crippen MR) is 80.9 cm³/mol. The molecule has 2 heterocycles. The molecule has 0 aliphatic carbocycles. The van der Waals surface area contributed by atoms with Gasteiger partial charge >= 0.3 is 0 Å². The second-order valence-electron chi connectivity index (χ2n) is 5.18. The predicted octanol–water partition coefficient (Wildman–Crippen LogP) is 1.87. The molecule has 1 amide bonds. The number of likely N-dealkylation sites (tertiary alicyclic amines) is 1. The number of pyridine rings is 1. The molecular weight excluding hydrogens is 276 g/mol. The molecule has 0 atom stereocenters. The molecule has 6 heteroatoms. The number of anilines is 1. The molecule has 2 N–H and O–H groups in total. The zero-order valence-corrected chi connectivity index (χ0v) is 12.7. The van der Waals surface area contributed by atoms with Gasteiger partial charge in [-0.25, -0.2) is 4.98 Å². The fraction of sp³-hybridized carbons (Fsp3) is 0.571. The number of hydrogen-bond donors (Lipinski definition) is 1. The maximum Gasteiger partial charge on any atom is 0.254 e. The van der Waals surface area contributed by atoms with Gasteiger partial charge in [0.25, 0.3) is 5.91 Å². The van der Waals surface area contributed by atoms with Crippen LogP contribution in [0, 0.1) is 0 Å². The lowest BCUT2D eigenvalue weighted by atomic mass is 10.0. The van der Waals surface area contributed by atoms with Gasteiger partial charge in [-0.05, 0) is 31.5 Å². The fourth-order valence-electron chi connectivity index (χ4n) is 2.63. The lowest BCUT2D eigenvalue weighted by Crippen LogP contribution is -2.45. The number of rotatable bonds is 3. The number of piperidine rings is 1. The molecule has 0 aromatic carbocycles. The summed E-state index contributed by atoms with van der Waals surface area (Å²) >= 11 is 5.85. The Hall–Kier alpha value is -1.33. The van der Waals surface area contributed by atoms with Gasteiger partial charge in [0.2, 0.25) is 0 Å². The van der Waals surface area contributed by atoms with Crippen molar-refractivity contribution in [1.82, 2.24) is 14.8 Å². The quantitative estimate of drug-likeness (QED) is 0.865. The van der Waals surface area contributed by atoms with Gasteiger partial charge in [0.05, 0.1) is 0 Å². The highest BCUT2D eigenvalue weighted by molar-refractivity contribution is 6.29. The Kier molecular flexibility index (Phi) is 4.83. The molecule has 110 valence electrons. The van der Waals surface area contributed by atoms with E-state index in [0.717, 1.165) is 32.5 Å². The molecule has 1 aliphatic heterocycles. The van der Waals surface area contributed by atoms with Crippen LogP contribution in [0.2, 0.25) is 5.15 Å². The number of amides is 1. The maximum absolute atomic E-state index is 12.5. The van der Waals surface area contributed by atoms with E-state index in [1.807, 2.05) is 7.05 Å². The van der Waals surface area contributed by atoms with E-state index in [9.17, 15) is 4.79 Å². The second kappa shape index (κ2) is 6.41. The second-order valence-corrected chi connectivity index (χ2v) is 5.57. The minimum atomic E-state index is -0.0454. The normalized spacial score (nSPS) is 17.1. The Morgan fingerprint density at radius 2 is 2.15 bits per heavy atom. The minimum Gasteiger partial charge on any atom is -0.384 e. The lowest BCUT2D eigenvalue weighted by Gasteiger charge is -2.36. The summed E-state index contributed by atoms with van der Waals surface area (Å²) in [5, 5.41) is 0.252. The van der Waals surface area contributed by atoms with E-state index in [0.29, 0.717) is 5.56 Å². The number of nitrogen functional groups attached to an aromatic ring is 1. The Morgan fingerprint density at radius 3 is 2.70 bits per heavy atom. The first-order valence-electron chi connectivity index (χ1n) is 6.94. The third-order valence-electron chi connectivity index (χ3n) is 3.93. The fourth-order valence-corrected chi connectivity index (χ4v) is 2.85. The monoisotopic (exact) mass is 296 g/mol. The van der Waals surface area contributed by atoms with Crippen molar-refractivity contribution in [2.75, 3.05) is 32.4 Å². The van der Waals surface area contributed by atoms with Gasteiger partial charge in [-0.2, -0.15) is 0 Å². The zero-order valence-electron chi connectivity index (χ0n) is 12.0. The molecule has 0 radical (unpaired) electrons. The van der Waals surface area contributed by atoms with Crippen LogP contribution in [0.15, 0.2) is 12.1 Å². The van der Waals surface area contributed by atoms with Crippen LogP contribution < -0.4 is 5.73 Å². The molecule has 0 saturated carbocycles. The van der Waals surface area contributed by atoms with Crippen molar-refractivity contribution in [2.45, 2.75) is 25.8 Å². The number of hydrogen-bond acceptors (Lipinski definition) is 4. The van der Waals surface area contributed by atoms with Gasteiger partial charge in [0.15, 0.2) is 0 Å². The molecule has 1 aromatic rings. The van der Waals surface area contributed by atoms with E-state index >= 15 is 0 Å². The molecule has 2 rings (SSSR count). The number of aromatic nitrogens is 1. The van der Waals surface area contributed by atoms with Crippen LogP contribution in [-0.2, 0) is 0 Å². The Morgan fingerprint density at radius 1 is 1.50 bits per heavy atom. The summed E-state index contributed by atoms with van der Waals surface area (Å²) in [6.07, 6.45) is 2.01. The van der Waals surface area contributed by atoms with Crippen molar-refractivity contribution >= 4 is 23.3 Å². The molecule has 0 unspecified atom stereocenters. The van der Waals surface area contributed by atoms with Crippen molar-refractivity contribution in [1.29, 1.82) is 0 Å². The van der Waals surface area contributed by atoms with Gasteiger partial charge in [-0.3, -0.25) is 4.79 Å². The van der Waals surface area contributed by atoms with Crippen LogP contribution in [0.3, 0.4) is 0 Å². The number of nitrogens with two attached hydrogens (primary N) is 1. The van der Waals surface area contributed by atoms with Gasteiger partial charge in [-0.1, -0.05) is 18.5 Å². The Bertz CT molecular complexity index is 466. The van der Waals surface area contributed by atoms with Crippen molar-refractivity contribution < 1.29 is 4.79 Å². The van der Waals surface area contributed by atoms with Crippen LogP contribution in [-0.4, -0.2) is 53.4 Å². The molecular formula is C14H21ClN4O. The van der Waals surface area contributed by atoms with E-state index in [1.165, 1.54) is 0 Å². The molecule has 1 aliphatic rings. The molecule has 5 nitrogen and oxygen atoms in total. The van der Waals surface area contributed by atoms with E-state index in [4.69, 9.17) is 17.3 Å². The Labute approximate surface area is 124 Å². The molecule has 20 heavy (non-hydrogen) atoms. The van der Waals surface area contributed by atoms with Crippen molar-refractivity contribution in [3.05, 3.63) is 22.8 Å².